The minimum absolute atomic E-state index is 0.606. The zero-order chi connectivity index (χ0) is 12.4. The van der Waals surface area contributed by atoms with Gasteiger partial charge in [0.15, 0.2) is 0 Å². The lowest BCUT2D eigenvalue weighted by atomic mass is 9.79. The van der Waals surface area contributed by atoms with Crippen LogP contribution in [0.25, 0.3) is 0 Å². The normalized spacial score (nSPS) is 29.1. The zero-order valence-electron chi connectivity index (χ0n) is 10.3. The van der Waals surface area contributed by atoms with Crippen molar-refractivity contribution >= 4 is 33.2 Å². The molecule has 3 unspecified atom stereocenters. The van der Waals surface area contributed by atoms with Crippen molar-refractivity contribution in [1.82, 2.24) is 0 Å². The van der Waals surface area contributed by atoms with Gasteiger partial charge in [-0.05, 0) is 65.2 Å². The Morgan fingerprint density at radius 1 is 1.24 bits per heavy atom. The smallest absolute Gasteiger partial charge is 0.0549 e. The van der Waals surface area contributed by atoms with E-state index in [1.54, 1.807) is 0 Å². The molecule has 3 atom stereocenters. The second-order valence-electron chi connectivity index (χ2n) is 5.24. The fourth-order valence-electron chi connectivity index (χ4n) is 2.50. The number of anilines is 1. The largest absolute Gasteiger partial charge is 0.382 e. The van der Waals surface area contributed by atoms with Crippen molar-refractivity contribution in [2.45, 2.75) is 39.2 Å². The lowest BCUT2D eigenvalue weighted by molar-refractivity contribution is 0.261. The molecular formula is C14H19BrClN. The first kappa shape index (κ1) is 13.2. The van der Waals surface area contributed by atoms with Crippen LogP contribution in [0.5, 0.6) is 0 Å². The minimum atomic E-state index is 0.606. The number of nitrogens with one attached hydrogen (secondary N) is 1. The van der Waals surface area contributed by atoms with Crippen LogP contribution < -0.4 is 5.32 Å². The maximum atomic E-state index is 5.99. The summed E-state index contributed by atoms with van der Waals surface area (Å²) in [4.78, 5) is 0. The minimum Gasteiger partial charge on any atom is -0.382 e. The summed E-state index contributed by atoms with van der Waals surface area (Å²) in [5, 5.41) is 4.38. The third kappa shape index (κ3) is 3.38. The van der Waals surface area contributed by atoms with Gasteiger partial charge in [-0.1, -0.05) is 25.4 Å². The van der Waals surface area contributed by atoms with E-state index in [1.807, 2.05) is 6.07 Å². The van der Waals surface area contributed by atoms with E-state index in [9.17, 15) is 0 Å². The van der Waals surface area contributed by atoms with Gasteiger partial charge in [0.1, 0.15) is 0 Å². The molecule has 0 radical (unpaired) electrons. The van der Waals surface area contributed by atoms with Crippen LogP contribution in [0.3, 0.4) is 0 Å². The van der Waals surface area contributed by atoms with Gasteiger partial charge in [0.25, 0.3) is 0 Å². The molecule has 0 aliphatic heterocycles. The van der Waals surface area contributed by atoms with Crippen LogP contribution in [-0.2, 0) is 0 Å². The van der Waals surface area contributed by atoms with Crippen LogP contribution in [0.4, 0.5) is 5.69 Å². The molecule has 2 rings (SSSR count). The molecule has 1 nitrogen and oxygen atoms in total. The second-order valence-corrected chi connectivity index (χ2v) is 6.50. The summed E-state index contributed by atoms with van der Waals surface area (Å²) in [5.41, 5.74) is 1.16. The molecule has 1 N–H and O–H groups in total. The van der Waals surface area contributed by atoms with Crippen molar-refractivity contribution < 1.29 is 0 Å². The Hall–Kier alpha value is -0.210. The van der Waals surface area contributed by atoms with Crippen molar-refractivity contribution in [2.24, 2.45) is 11.8 Å². The van der Waals surface area contributed by atoms with E-state index in [1.165, 1.54) is 19.3 Å². The summed E-state index contributed by atoms with van der Waals surface area (Å²) < 4.78 is 0.960. The van der Waals surface area contributed by atoms with Crippen molar-refractivity contribution in [3.8, 4) is 0 Å². The van der Waals surface area contributed by atoms with Crippen LogP contribution in [0.1, 0.15) is 33.1 Å². The van der Waals surface area contributed by atoms with Gasteiger partial charge >= 0.3 is 0 Å². The number of rotatable bonds is 2. The van der Waals surface area contributed by atoms with Crippen molar-refractivity contribution in [1.29, 1.82) is 0 Å². The molecule has 1 aromatic carbocycles. The molecule has 1 fully saturated rings. The van der Waals surface area contributed by atoms with Crippen LogP contribution in [0.2, 0.25) is 5.02 Å². The quantitative estimate of drug-likeness (QED) is 0.776. The predicted molar refractivity (Wildman–Crippen MR) is 78.7 cm³/mol. The maximum Gasteiger partial charge on any atom is 0.0549 e. The topological polar surface area (TPSA) is 12.0 Å². The van der Waals surface area contributed by atoms with Gasteiger partial charge in [-0.25, -0.2) is 0 Å². The molecule has 1 aliphatic rings. The van der Waals surface area contributed by atoms with Crippen molar-refractivity contribution in [2.75, 3.05) is 5.32 Å². The number of halogens is 2. The standard InChI is InChI=1S/C14H19BrClN/c1-9-3-4-11(7-10(9)2)17-12-5-6-14(16)13(15)8-12/h5-6,8-11,17H,3-4,7H2,1-2H3. The molecule has 1 saturated carbocycles. The van der Waals surface area contributed by atoms with Crippen molar-refractivity contribution in [3.63, 3.8) is 0 Å². The summed E-state index contributed by atoms with van der Waals surface area (Å²) in [7, 11) is 0. The lowest BCUT2D eigenvalue weighted by Gasteiger charge is -2.33. The van der Waals surface area contributed by atoms with E-state index < -0.39 is 0 Å². The fraction of sp³-hybridized carbons (Fsp3) is 0.571. The second kappa shape index (κ2) is 5.62. The van der Waals surface area contributed by atoms with Gasteiger partial charge in [0, 0.05) is 16.2 Å². The Bertz CT molecular complexity index is 394. The highest BCUT2D eigenvalue weighted by atomic mass is 79.9. The summed E-state index contributed by atoms with van der Waals surface area (Å²) >= 11 is 9.45. The molecule has 1 aromatic rings. The lowest BCUT2D eigenvalue weighted by Crippen LogP contribution is -2.30. The summed E-state index contributed by atoms with van der Waals surface area (Å²) in [6.45, 7) is 4.72. The first-order valence-electron chi connectivity index (χ1n) is 6.28. The predicted octanol–water partition coefficient (Wildman–Crippen LogP) is 5.34. The van der Waals surface area contributed by atoms with Gasteiger partial charge in [0.2, 0.25) is 0 Å². The Labute approximate surface area is 117 Å². The molecule has 17 heavy (non-hydrogen) atoms. The molecule has 0 spiro atoms. The molecule has 0 saturated heterocycles. The molecule has 3 heteroatoms. The third-order valence-electron chi connectivity index (χ3n) is 3.89. The van der Waals surface area contributed by atoms with Gasteiger partial charge in [0.05, 0.1) is 5.02 Å². The highest BCUT2D eigenvalue weighted by molar-refractivity contribution is 9.10. The van der Waals surface area contributed by atoms with E-state index in [-0.39, 0.29) is 0 Å². The highest BCUT2D eigenvalue weighted by Crippen LogP contribution is 2.32. The first-order chi connectivity index (χ1) is 8.06. The Balaban J connectivity index is 1.99. The molecular weight excluding hydrogens is 298 g/mol. The molecule has 0 amide bonds. The SMILES string of the molecule is CC1CCC(Nc2ccc(Cl)c(Br)c2)CC1C. The summed E-state index contributed by atoms with van der Waals surface area (Å²) in [6.07, 6.45) is 3.86. The summed E-state index contributed by atoms with van der Waals surface area (Å²) in [5.74, 6) is 1.68. The number of benzene rings is 1. The zero-order valence-corrected chi connectivity index (χ0v) is 12.7. The van der Waals surface area contributed by atoms with E-state index in [0.717, 1.165) is 27.0 Å². The molecule has 0 aromatic heterocycles. The summed E-state index contributed by atoms with van der Waals surface area (Å²) in [6, 6.07) is 6.65. The molecule has 1 aliphatic carbocycles. The van der Waals surface area contributed by atoms with E-state index in [4.69, 9.17) is 11.6 Å². The van der Waals surface area contributed by atoms with Gasteiger partial charge in [-0.15, -0.1) is 0 Å². The highest BCUT2D eigenvalue weighted by Gasteiger charge is 2.24. The molecule has 0 heterocycles. The number of hydrogen-bond acceptors (Lipinski definition) is 1. The van der Waals surface area contributed by atoms with Crippen molar-refractivity contribution in [3.05, 3.63) is 27.7 Å². The van der Waals surface area contributed by atoms with Crippen LogP contribution in [0.15, 0.2) is 22.7 Å². The van der Waals surface area contributed by atoms with E-state index >= 15 is 0 Å². The van der Waals surface area contributed by atoms with E-state index in [0.29, 0.717) is 6.04 Å². The maximum absolute atomic E-state index is 5.99. The first-order valence-corrected chi connectivity index (χ1v) is 7.45. The van der Waals surface area contributed by atoms with E-state index in [2.05, 4.69) is 47.2 Å². The fourth-order valence-corrected chi connectivity index (χ4v) is 3.00. The molecule has 94 valence electrons. The van der Waals surface area contributed by atoms with Gasteiger partial charge in [-0.2, -0.15) is 0 Å². The van der Waals surface area contributed by atoms with Crippen LogP contribution >= 0.6 is 27.5 Å². The van der Waals surface area contributed by atoms with Crippen LogP contribution in [-0.4, -0.2) is 6.04 Å². The molecule has 0 bridgehead atoms. The average Bonchev–Trinajstić information content (AvgIpc) is 2.29. The number of hydrogen-bond donors (Lipinski definition) is 1. The van der Waals surface area contributed by atoms with Gasteiger partial charge < -0.3 is 5.32 Å². The average molecular weight is 317 g/mol. The Kier molecular flexibility index (Phi) is 4.37. The Morgan fingerprint density at radius 3 is 2.65 bits per heavy atom. The third-order valence-corrected chi connectivity index (χ3v) is 5.10. The Morgan fingerprint density at radius 2 is 2.00 bits per heavy atom. The monoisotopic (exact) mass is 315 g/mol. The van der Waals surface area contributed by atoms with Crippen LogP contribution in [0, 0.1) is 11.8 Å². The van der Waals surface area contributed by atoms with Gasteiger partial charge in [-0.3, -0.25) is 0 Å².